The van der Waals surface area contributed by atoms with E-state index in [9.17, 15) is 4.48 Å². The molecule has 0 aromatic carbocycles. The Morgan fingerprint density at radius 1 is 1.14 bits per heavy atom. The van der Waals surface area contributed by atoms with Crippen LogP contribution in [0, 0.1) is 5.41 Å². The van der Waals surface area contributed by atoms with Gasteiger partial charge >= 0.3 is 0 Å². The van der Waals surface area contributed by atoms with Gasteiger partial charge in [0.1, 0.15) is 0 Å². The van der Waals surface area contributed by atoms with Crippen molar-refractivity contribution in [3.05, 3.63) is 0 Å². The number of rotatable bonds is 1. The molecule has 0 radical (unpaired) electrons. The van der Waals surface area contributed by atoms with Gasteiger partial charge in [-0.05, 0) is 50.7 Å². The van der Waals surface area contributed by atoms with Crippen molar-refractivity contribution in [3.63, 3.8) is 0 Å². The topological polar surface area (TPSA) is 6.48 Å². The van der Waals surface area contributed by atoms with Gasteiger partial charge in [-0.2, -0.15) is 0 Å². The summed E-state index contributed by atoms with van der Waals surface area (Å²) >= 11 is 0. The molecule has 0 aliphatic carbocycles. The lowest BCUT2D eigenvalue weighted by atomic mass is 9.73. The molecule has 2 saturated heterocycles. The van der Waals surface area contributed by atoms with E-state index in [4.69, 9.17) is 0 Å². The first-order chi connectivity index (χ1) is 6.74. The second kappa shape index (κ2) is 4.15. The maximum absolute atomic E-state index is 13.2. The highest BCUT2D eigenvalue weighted by atomic mass is 19.2. The van der Waals surface area contributed by atoms with Gasteiger partial charge in [0, 0.05) is 13.1 Å². The third-order valence-electron chi connectivity index (χ3n) is 3.98. The molecule has 82 valence electrons. The molecule has 0 amide bonds. The van der Waals surface area contributed by atoms with Gasteiger partial charge in [0.2, 0.25) is 0 Å². The van der Waals surface area contributed by atoms with Crippen molar-refractivity contribution >= 4 is 0 Å². The largest absolute Gasteiger partial charge is 0.304 e. The fraction of sp³-hybridized carbons (Fsp3) is 1.00. The summed E-state index contributed by atoms with van der Waals surface area (Å²) in [6.07, 6.45) is 4.68. The lowest BCUT2D eigenvalue weighted by Crippen LogP contribution is -2.47. The Hall–Kier alpha value is -0.150. The fourth-order valence-electron chi connectivity index (χ4n) is 2.90. The lowest BCUT2D eigenvalue weighted by molar-refractivity contribution is -0.0721. The smallest absolute Gasteiger partial charge is 0.0347 e. The lowest BCUT2D eigenvalue weighted by Gasteiger charge is -2.45. The number of piperidine rings is 2. The van der Waals surface area contributed by atoms with Crippen LogP contribution in [0.25, 0.3) is 0 Å². The number of hydrogen-bond acceptors (Lipinski definition) is 2. The van der Waals surface area contributed by atoms with Crippen molar-refractivity contribution < 1.29 is 4.48 Å². The number of nitrogens with zero attached hydrogens (tertiary/aromatic N) is 2. The Labute approximate surface area is 86.0 Å². The summed E-state index contributed by atoms with van der Waals surface area (Å²) in [5.74, 6) is 0. The molecule has 2 aliphatic heterocycles. The first-order valence-corrected chi connectivity index (χ1v) is 5.87. The molecule has 0 unspecified atom stereocenters. The minimum atomic E-state index is 0.318. The van der Waals surface area contributed by atoms with Crippen molar-refractivity contribution in [2.45, 2.75) is 32.6 Å². The van der Waals surface area contributed by atoms with E-state index < -0.39 is 0 Å². The van der Waals surface area contributed by atoms with E-state index in [1.165, 1.54) is 32.4 Å². The summed E-state index contributed by atoms with van der Waals surface area (Å²) in [7, 11) is 0. The van der Waals surface area contributed by atoms with Crippen molar-refractivity contribution in [3.8, 4) is 0 Å². The van der Waals surface area contributed by atoms with Crippen LogP contribution in [0.2, 0.25) is 0 Å². The summed E-state index contributed by atoms with van der Waals surface area (Å²) in [5, 5.41) is 1.03. The monoisotopic (exact) mass is 200 g/mol. The summed E-state index contributed by atoms with van der Waals surface area (Å²) in [6, 6.07) is 0. The van der Waals surface area contributed by atoms with E-state index in [1.807, 2.05) is 0 Å². The van der Waals surface area contributed by atoms with E-state index in [2.05, 4.69) is 11.8 Å². The van der Waals surface area contributed by atoms with Crippen LogP contribution < -0.4 is 0 Å². The van der Waals surface area contributed by atoms with Gasteiger partial charge in [0.15, 0.2) is 0 Å². The van der Waals surface area contributed by atoms with Gasteiger partial charge in [-0.3, -0.25) is 0 Å². The highest BCUT2D eigenvalue weighted by Crippen LogP contribution is 2.39. The highest BCUT2D eigenvalue weighted by Gasteiger charge is 2.38. The predicted octanol–water partition coefficient (Wildman–Crippen LogP) is 2.07. The predicted molar refractivity (Wildman–Crippen MR) is 55.7 cm³/mol. The Bertz CT molecular complexity index is 188. The number of halogens is 1. The molecule has 0 aromatic heterocycles. The second-order valence-electron chi connectivity index (χ2n) is 4.88. The molecule has 3 heteroatoms. The van der Waals surface area contributed by atoms with E-state index in [0.29, 0.717) is 18.5 Å². The number of likely N-dealkylation sites (tertiary alicyclic amines) is 1. The van der Waals surface area contributed by atoms with Crippen LogP contribution in [0.1, 0.15) is 32.6 Å². The molecule has 0 bridgehead atoms. The quantitative estimate of drug-likeness (QED) is 0.598. The van der Waals surface area contributed by atoms with Crippen LogP contribution in [-0.4, -0.2) is 42.7 Å². The molecule has 0 N–H and O–H groups in total. The minimum Gasteiger partial charge on any atom is -0.304 e. The van der Waals surface area contributed by atoms with E-state index in [0.717, 1.165) is 18.1 Å². The summed E-state index contributed by atoms with van der Waals surface area (Å²) in [6.45, 7) is 7.04. The average molecular weight is 200 g/mol. The Morgan fingerprint density at radius 2 is 1.86 bits per heavy atom. The molecule has 0 saturated carbocycles. The average Bonchev–Trinajstić information content (AvgIpc) is 2.19. The first kappa shape index (κ1) is 10.4. The van der Waals surface area contributed by atoms with E-state index >= 15 is 0 Å². The van der Waals surface area contributed by atoms with Gasteiger partial charge in [-0.15, -0.1) is 9.60 Å². The van der Waals surface area contributed by atoms with Crippen molar-refractivity contribution in [2.75, 3.05) is 32.7 Å². The van der Waals surface area contributed by atoms with Crippen molar-refractivity contribution in [1.82, 2.24) is 10.0 Å². The Kier molecular flexibility index (Phi) is 3.07. The SMILES string of the molecule is CCN1CCC2(CCCN(F)C2)CC1. The van der Waals surface area contributed by atoms with Gasteiger partial charge in [0.05, 0.1) is 0 Å². The first-order valence-electron chi connectivity index (χ1n) is 5.87. The normalized spacial score (nSPS) is 29.6. The Balaban J connectivity index is 1.91. The van der Waals surface area contributed by atoms with E-state index in [-0.39, 0.29) is 0 Å². The maximum atomic E-state index is 13.2. The van der Waals surface area contributed by atoms with Crippen LogP contribution in [-0.2, 0) is 0 Å². The summed E-state index contributed by atoms with van der Waals surface area (Å²) in [4.78, 5) is 2.47. The molecule has 0 aromatic rings. The van der Waals surface area contributed by atoms with Crippen molar-refractivity contribution in [2.24, 2.45) is 5.41 Å². The summed E-state index contributed by atoms with van der Waals surface area (Å²) < 4.78 is 13.2. The van der Waals surface area contributed by atoms with Gasteiger partial charge in [0.25, 0.3) is 0 Å². The standard InChI is InChI=1S/C11H21FN2/c1-2-13-8-5-11(6-9-13)4-3-7-14(12)10-11/h2-10H2,1H3. The molecule has 14 heavy (non-hydrogen) atoms. The third kappa shape index (κ3) is 2.09. The fourth-order valence-corrected chi connectivity index (χ4v) is 2.90. The molecule has 0 atom stereocenters. The minimum absolute atomic E-state index is 0.318. The molecule has 2 nitrogen and oxygen atoms in total. The van der Waals surface area contributed by atoms with Crippen LogP contribution in [0.4, 0.5) is 4.48 Å². The third-order valence-corrected chi connectivity index (χ3v) is 3.98. The molecule has 2 heterocycles. The number of hydrogen-bond donors (Lipinski definition) is 0. The molecule has 2 rings (SSSR count). The maximum Gasteiger partial charge on any atom is 0.0347 e. The zero-order valence-electron chi connectivity index (χ0n) is 9.14. The summed E-state index contributed by atoms with van der Waals surface area (Å²) in [5.41, 5.74) is 0.318. The second-order valence-corrected chi connectivity index (χ2v) is 4.88. The molecule has 2 aliphatic rings. The zero-order valence-corrected chi connectivity index (χ0v) is 9.14. The van der Waals surface area contributed by atoms with E-state index in [1.54, 1.807) is 0 Å². The van der Waals surface area contributed by atoms with Crippen molar-refractivity contribution in [1.29, 1.82) is 0 Å². The van der Waals surface area contributed by atoms with Gasteiger partial charge < -0.3 is 4.90 Å². The van der Waals surface area contributed by atoms with Gasteiger partial charge in [-0.1, -0.05) is 6.92 Å². The van der Waals surface area contributed by atoms with Crippen LogP contribution in [0.3, 0.4) is 0 Å². The zero-order chi connectivity index (χ0) is 10.0. The molecular formula is C11H21FN2. The van der Waals surface area contributed by atoms with Gasteiger partial charge in [-0.25, -0.2) is 0 Å². The van der Waals surface area contributed by atoms with Crippen LogP contribution >= 0.6 is 0 Å². The molecule has 1 spiro atoms. The Morgan fingerprint density at radius 3 is 2.43 bits per heavy atom. The highest BCUT2D eigenvalue weighted by molar-refractivity contribution is 4.89. The molecule has 2 fully saturated rings. The molecular weight excluding hydrogens is 179 g/mol. The van der Waals surface area contributed by atoms with Crippen LogP contribution in [0.15, 0.2) is 0 Å². The van der Waals surface area contributed by atoms with Crippen LogP contribution in [0.5, 0.6) is 0 Å².